The number of ether oxygens (including phenoxy) is 1. The van der Waals surface area contributed by atoms with E-state index in [-0.39, 0.29) is 23.3 Å². The topological polar surface area (TPSA) is 89.0 Å². The summed E-state index contributed by atoms with van der Waals surface area (Å²) in [4.78, 5) is 24.5. The van der Waals surface area contributed by atoms with E-state index in [2.05, 4.69) is 25.6 Å². The third-order valence-electron chi connectivity index (χ3n) is 5.04. The van der Waals surface area contributed by atoms with Gasteiger partial charge in [-0.15, -0.1) is 0 Å². The van der Waals surface area contributed by atoms with E-state index >= 15 is 0 Å². The van der Waals surface area contributed by atoms with Gasteiger partial charge in [-0.2, -0.15) is 0 Å². The number of nitrogens with zero attached hydrogens (tertiary/aromatic N) is 3. The highest BCUT2D eigenvalue weighted by Crippen LogP contribution is 2.39. The molecule has 7 nitrogen and oxygen atoms in total. The van der Waals surface area contributed by atoms with Crippen molar-refractivity contribution in [2.75, 3.05) is 25.0 Å². The van der Waals surface area contributed by atoms with Gasteiger partial charge in [-0.25, -0.2) is 14.4 Å². The number of fused-ring (bicyclic) bond motifs is 1. The van der Waals surface area contributed by atoms with E-state index in [1.165, 1.54) is 6.33 Å². The van der Waals surface area contributed by atoms with E-state index < -0.39 is 5.82 Å². The number of carbonyl (C=O) groups is 1. The molecule has 1 unspecified atom stereocenters. The molecule has 1 aromatic carbocycles. The van der Waals surface area contributed by atoms with Crippen molar-refractivity contribution in [3.63, 3.8) is 0 Å². The molecule has 1 aliphatic rings. The minimum absolute atomic E-state index is 0.0250. The largest absolute Gasteiger partial charge is 0.493 e. The molecule has 3 heterocycles. The Morgan fingerprint density at radius 1 is 1.37 bits per heavy atom. The quantitative estimate of drug-likeness (QED) is 0.597. The summed E-state index contributed by atoms with van der Waals surface area (Å²) in [6.45, 7) is 3.09. The van der Waals surface area contributed by atoms with Crippen LogP contribution < -0.4 is 15.4 Å². The molecule has 3 aromatic rings. The van der Waals surface area contributed by atoms with Crippen molar-refractivity contribution in [1.82, 2.24) is 20.3 Å². The first-order valence-corrected chi connectivity index (χ1v) is 10.2. The SMILES string of the molecule is CCOc1c(CCNc2ncnc3cccnc23)cc(Cl)c(F)c1C1CNC(=O)C1. The maximum absolute atomic E-state index is 14.9. The molecule has 1 aliphatic heterocycles. The van der Waals surface area contributed by atoms with E-state index in [4.69, 9.17) is 16.3 Å². The highest BCUT2D eigenvalue weighted by molar-refractivity contribution is 6.31. The summed E-state index contributed by atoms with van der Waals surface area (Å²) in [5.41, 5.74) is 2.57. The van der Waals surface area contributed by atoms with E-state index in [0.717, 1.165) is 11.1 Å². The molecule has 0 aliphatic carbocycles. The van der Waals surface area contributed by atoms with Crippen LogP contribution in [-0.4, -0.2) is 40.6 Å². The molecule has 156 valence electrons. The van der Waals surface area contributed by atoms with Crippen LogP contribution in [0.2, 0.25) is 5.02 Å². The van der Waals surface area contributed by atoms with E-state index in [9.17, 15) is 9.18 Å². The smallest absolute Gasteiger partial charge is 0.220 e. The molecule has 9 heteroatoms. The summed E-state index contributed by atoms with van der Waals surface area (Å²) < 4.78 is 20.7. The Morgan fingerprint density at radius 3 is 3.00 bits per heavy atom. The van der Waals surface area contributed by atoms with Crippen LogP contribution in [0.4, 0.5) is 10.2 Å². The summed E-state index contributed by atoms with van der Waals surface area (Å²) in [7, 11) is 0. The lowest BCUT2D eigenvalue weighted by molar-refractivity contribution is -0.119. The number of carbonyl (C=O) groups excluding carboxylic acids is 1. The second-order valence-corrected chi connectivity index (χ2v) is 7.39. The molecule has 1 atom stereocenters. The number of pyridine rings is 1. The van der Waals surface area contributed by atoms with Crippen LogP contribution in [0, 0.1) is 5.82 Å². The molecular formula is C21H21ClFN5O2. The van der Waals surface area contributed by atoms with Crippen molar-refractivity contribution >= 4 is 34.4 Å². The second kappa shape index (κ2) is 8.79. The minimum atomic E-state index is -0.524. The Labute approximate surface area is 178 Å². The van der Waals surface area contributed by atoms with Gasteiger partial charge in [-0.05, 0) is 37.1 Å². The van der Waals surface area contributed by atoms with Crippen molar-refractivity contribution in [3.05, 3.63) is 52.7 Å². The average molecular weight is 430 g/mol. The number of halogens is 2. The minimum Gasteiger partial charge on any atom is -0.493 e. The van der Waals surface area contributed by atoms with Crippen molar-refractivity contribution in [3.8, 4) is 5.75 Å². The highest BCUT2D eigenvalue weighted by atomic mass is 35.5. The lowest BCUT2D eigenvalue weighted by atomic mass is 9.93. The third kappa shape index (κ3) is 4.00. The van der Waals surface area contributed by atoms with Crippen molar-refractivity contribution in [2.45, 2.75) is 25.7 Å². The Morgan fingerprint density at radius 2 is 2.23 bits per heavy atom. The first-order chi connectivity index (χ1) is 14.6. The molecule has 0 spiro atoms. The number of rotatable bonds is 7. The first kappa shape index (κ1) is 20.3. The summed E-state index contributed by atoms with van der Waals surface area (Å²) in [6, 6.07) is 5.27. The number of aromatic nitrogens is 3. The number of anilines is 1. The van der Waals surface area contributed by atoms with Gasteiger partial charge in [0.05, 0.1) is 17.1 Å². The van der Waals surface area contributed by atoms with Gasteiger partial charge < -0.3 is 15.4 Å². The third-order valence-corrected chi connectivity index (χ3v) is 5.31. The fourth-order valence-corrected chi connectivity index (χ4v) is 3.93. The van der Waals surface area contributed by atoms with Gasteiger partial charge in [0.1, 0.15) is 23.4 Å². The maximum Gasteiger partial charge on any atom is 0.220 e. The van der Waals surface area contributed by atoms with Crippen LogP contribution in [0.3, 0.4) is 0 Å². The first-order valence-electron chi connectivity index (χ1n) is 9.78. The molecule has 30 heavy (non-hydrogen) atoms. The Bertz CT molecular complexity index is 1090. The zero-order chi connectivity index (χ0) is 21.1. The predicted molar refractivity (Wildman–Crippen MR) is 112 cm³/mol. The van der Waals surface area contributed by atoms with Gasteiger partial charge >= 0.3 is 0 Å². The summed E-state index contributed by atoms with van der Waals surface area (Å²) in [5.74, 6) is 0.155. The number of nitrogens with one attached hydrogen (secondary N) is 2. The van der Waals surface area contributed by atoms with Gasteiger partial charge in [0.25, 0.3) is 0 Å². The van der Waals surface area contributed by atoms with E-state index in [1.54, 1.807) is 12.3 Å². The lowest BCUT2D eigenvalue weighted by Crippen LogP contribution is -2.15. The second-order valence-electron chi connectivity index (χ2n) is 6.98. The van der Waals surface area contributed by atoms with Crippen LogP contribution in [-0.2, 0) is 11.2 Å². The van der Waals surface area contributed by atoms with Gasteiger partial charge in [-0.1, -0.05) is 11.6 Å². The van der Waals surface area contributed by atoms with Gasteiger partial charge in [0.15, 0.2) is 5.82 Å². The molecular weight excluding hydrogens is 409 g/mol. The summed E-state index contributed by atoms with van der Waals surface area (Å²) in [6.07, 6.45) is 3.91. The van der Waals surface area contributed by atoms with E-state index in [1.807, 2.05) is 19.1 Å². The van der Waals surface area contributed by atoms with Crippen LogP contribution in [0.5, 0.6) is 5.75 Å². The number of benzene rings is 1. The normalized spacial score (nSPS) is 16.0. The van der Waals surface area contributed by atoms with Crippen molar-refractivity contribution < 1.29 is 13.9 Å². The van der Waals surface area contributed by atoms with Gasteiger partial charge in [-0.3, -0.25) is 9.78 Å². The van der Waals surface area contributed by atoms with Crippen molar-refractivity contribution in [1.29, 1.82) is 0 Å². The van der Waals surface area contributed by atoms with Crippen LogP contribution in [0.15, 0.2) is 30.7 Å². The molecule has 0 bridgehead atoms. The fourth-order valence-electron chi connectivity index (χ4n) is 3.70. The molecule has 1 fully saturated rings. The summed E-state index contributed by atoms with van der Waals surface area (Å²) >= 11 is 6.19. The predicted octanol–water partition coefficient (Wildman–Crippen LogP) is 3.47. The number of hydrogen-bond donors (Lipinski definition) is 2. The maximum atomic E-state index is 14.9. The van der Waals surface area contributed by atoms with Crippen LogP contribution in [0.1, 0.15) is 30.4 Å². The molecule has 1 saturated heterocycles. The number of amides is 1. The monoisotopic (exact) mass is 429 g/mol. The Kier molecular flexibility index (Phi) is 5.94. The summed E-state index contributed by atoms with van der Waals surface area (Å²) in [5, 5.41) is 6.04. The zero-order valence-electron chi connectivity index (χ0n) is 16.4. The van der Waals surface area contributed by atoms with E-state index in [0.29, 0.717) is 48.8 Å². The Hall–Kier alpha value is -3.00. The fraction of sp³-hybridized carbons (Fsp3) is 0.333. The van der Waals surface area contributed by atoms with Crippen LogP contribution >= 0.6 is 11.6 Å². The molecule has 2 aromatic heterocycles. The van der Waals surface area contributed by atoms with Gasteiger partial charge in [0, 0.05) is 37.2 Å². The average Bonchev–Trinajstić information content (AvgIpc) is 3.17. The van der Waals surface area contributed by atoms with Crippen LogP contribution in [0.25, 0.3) is 11.0 Å². The Balaban J connectivity index is 1.60. The number of hydrogen-bond acceptors (Lipinski definition) is 6. The lowest BCUT2D eigenvalue weighted by Gasteiger charge is -2.20. The molecule has 0 saturated carbocycles. The van der Waals surface area contributed by atoms with Crippen molar-refractivity contribution in [2.24, 2.45) is 0 Å². The molecule has 0 radical (unpaired) electrons. The molecule has 1 amide bonds. The van der Waals surface area contributed by atoms with Gasteiger partial charge in [0.2, 0.25) is 5.91 Å². The molecule has 2 N–H and O–H groups in total. The standard InChI is InChI=1S/C21H21ClFN5O2/c1-2-30-20-12(8-14(22)18(23)17(20)13-9-16(29)26-10-13)5-7-25-21-19-15(27-11-28-21)4-3-6-24-19/h3-4,6,8,11,13H,2,5,7,9-10H2,1H3,(H,26,29)(H,25,27,28). The highest BCUT2D eigenvalue weighted by Gasteiger charge is 2.31. The zero-order valence-corrected chi connectivity index (χ0v) is 17.2. The molecule has 4 rings (SSSR count).